The second-order valence-electron chi connectivity index (χ2n) is 3.63. The number of nitrogens with one attached hydrogen (secondary N) is 1. The number of sulfonamides is 1. The molecular weight excluding hydrogens is 274 g/mol. The Bertz CT molecular complexity index is 596. The largest absolute Gasteiger partial charge is 0.389 e. The molecule has 0 radical (unpaired) electrons. The molecule has 0 atom stereocenters. The van der Waals surface area contributed by atoms with E-state index in [0.29, 0.717) is 11.1 Å². The first kappa shape index (κ1) is 14.6. The Hall–Kier alpha value is -1.51. The lowest BCUT2D eigenvalue weighted by atomic mass is 10.1. The molecule has 0 aliphatic rings. The van der Waals surface area contributed by atoms with Gasteiger partial charge in [0, 0.05) is 5.56 Å². The van der Waals surface area contributed by atoms with Crippen molar-refractivity contribution < 1.29 is 13.2 Å². The molecule has 1 aromatic rings. The average Bonchev–Trinajstić information content (AvgIpc) is 2.26. The normalized spacial score (nSPS) is 11.2. The number of primary amides is 1. The van der Waals surface area contributed by atoms with Gasteiger partial charge in [-0.1, -0.05) is 18.3 Å². The van der Waals surface area contributed by atoms with Crippen molar-refractivity contribution in [3.8, 4) is 0 Å². The van der Waals surface area contributed by atoms with Crippen molar-refractivity contribution in [2.24, 2.45) is 11.5 Å². The van der Waals surface area contributed by atoms with Crippen LogP contribution in [0.15, 0.2) is 23.1 Å². The number of thiocarbonyl (C=S) groups is 1. The summed E-state index contributed by atoms with van der Waals surface area (Å²) in [6.07, 6.45) is 0. The standard InChI is InChI=1S/C10H13N3O3S2/c1-6-4-7(2-3-8(6)10(12)17)18(15,16)13-5-9(11)14/h2-4,13H,5H2,1H3,(H2,11,14)(H2,12,17). The van der Waals surface area contributed by atoms with Gasteiger partial charge in [0.05, 0.1) is 11.4 Å². The maximum Gasteiger partial charge on any atom is 0.241 e. The fraction of sp³-hybridized carbons (Fsp3) is 0.200. The molecule has 0 aliphatic heterocycles. The number of carbonyl (C=O) groups excluding carboxylic acids is 1. The summed E-state index contributed by atoms with van der Waals surface area (Å²) in [5, 5.41) is 0. The first-order valence-corrected chi connectivity index (χ1v) is 6.81. The molecular formula is C10H13N3O3S2. The Morgan fingerprint density at radius 1 is 1.39 bits per heavy atom. The van der Waals surface area contributed by atoms with Gasteiger partial charge in [-0.25, -0.2) is 13.1 Å². The molecule has 1 rings (SSSR count). The van der Waals surface area contributed by atoms with Crippen molar-refractivity contribution in [1.29, 1.82) is 0 Å². The number of carbonyl (C=O) groups is 1. The summed E-state index contributed by atoms with van der Waals surface area (Å²) < 4.78 is 25.7. The highest BCUT2D eigenvalue weighted by Gasteiger charge is 2.16. The maximum atomic E-state index is 11.8. The first-order chi connectivity index (χ1) is 8.24. The van der Waals surface area contributed by atoms with Crippen LogP contribution in [0, 0.1) is 6.92 Å². The summed E-state index contributed by atoms with van der Waals surface area (Å²) in [7, 11) is -3.76. The lowest BCUT2D eigenvalue weighted by Gasteiger charge is -2.08. The summed E-state index contributed by atoms with van der Waals surface area (Å²) in [4.78, 5) is 10.8. The van der Waals surface area contributed by atoms with E-state index in [4.69, 9.17) is 23.7 Å². The summed E-state index contributed by atoms with van der Waals surface area (Å²) >= 11 is 4.82. The minimum absolute atomic E-state index is 0.0289. The monoisotopic (exact) mass is 287 g/mol. The highest BCUT2D eigenvalue weighted by Crippen LogP contribution is 2.15. The second-order valence-corrected chi connectivity index (χ2v) is 5.84. The molecule has 1 amide bonds. The van der Waals surface area contributed by atoms with Gasteiger partial charge < -0.3 is 11.5 Å². The van der Waals surface area contributed by atoms with Crippen molar-refractivity contribution in [3.63, 3.8) is 0 Å². The van der Waals surface area contributed by atoms with Crippen molar-refractivity contribution in [2.75, 3.05) is 6.54 Å². The molecule has 1 aromatic carbocycles. The van der Waals surface area contributed by atoms with Gasteiger partial charge >= 0.3 is 0 Å². The zero-order valence-corrected chi connectivity index (χ0v) is 11.3. The summed E-state index contributed by atoms with van der Waals surface area (Å²) in [6.45, 7) is 1.25. The Balaban J connectivity index is 3.08. The summed E-state index contributed by atoms with van der Waals surface area (Å²) in [6, 6.07) is 4.32. The van der Waals surface area contributed by atoms with Crippen LogP contribution in [0.5, 0.6) is 0 Å². The number of rotatable bonds is 5. The van der Waals surface area contributed by atoms with E-state index in [2.05, 4.69) is 4.72 Å². The molecule has 0 saturated carbocycles. The van der Waals surface area contributed by atoms with E-state index < -0.39 is 22.5 Å². The SMILES string of the molecule is Cc1cc(S(=O)(=O)NCC(N)=O)ccc1C(N)=S. The zero-order valence-electron chi connectivity index (χ0n) is 9.64. The lowest BCUT2D eigenvalue weighted by molar-refractivity contribution is -0.116. The molecule has 0 heterocycles. The predicted molar refractivity (Wildman–Crippen MR) is 71.4 cm³/mol. The van der Waals surface area contributed by atoms with E-state index in [9.17, 15) is 13.2 Å². The predicted octanol–water partition coefficient (Wildman–Crippen LogP) is -0.607. The maximum absolute atomic E-state index is 11.8. The fourth-order valence-electron chi connectivity index (χ4n) is 1.33. The second kappa shape index (κ2) is 5.42. The third-order valence-electron chi connectivity index (χ3n) is 2.21. The number of hydrogen-bond acceptors (Lipinski definition) is 4. The van der Waals surface area contributed by atoms with Crippen LogP contribution in [0.1, 0.15) is 11.1 Å². The molecule has 0 spiro atoms. The van der Waals surface area contributed by atoms with Gasteiger partial charge in [0.25, 0.3) is 0 Å². The molecule has 0 saturated heterocycles. The average molecular weight is 287 g/mol. The third-order valence-corrected chi connectivity index (χ3v) is 3.83. The molecule has 8 heteroatoms. The quantitative estimate of drug-likeness (QED) is 0.625. The number of hydrogen-bond donors (Lipinski definition) is 3. The van der Waals surface area contributed by atoms with Crippen molar-refractivity contribution in [1.82, 2.24) is 4.72 Å². The lowest BCUT2D eigenvalue weighted by Crippen LogP contribution is -2.33. The van der Waals surface area contributed by atoms with Gasteiger partial charge in [0.1, 0.15) is 4.99 Å². The Labute approximate surface area is 110 Å². The minimum atomic E-state index is -3.76. The summed E-state index contributed by atoms with van der Waals surface area (Å²) in [5.41, 5.74) is 11.6. The smallest absolute Gasteiger partial charge is 0.241 e. The number of nitrogens with two attached hydrogens (primary N) is 2. The highest BCUT2D eigenvalue weighted by atomic mass is 32.2. The van der Waals surface area contributed by atoms with Crippen molar-refractivity contribution >= 4 is 33.1 Å². The molecule has 0 bridgehead atoms. The molecule has 18 heavy (non-hydrogen) atoms. The van der Waals surface area contributed by atoms with Crippen LogP contribution in [0.3, 0.4) is 0 Å². The van der Waals surface area contributed by atoms with Crippen molar-refractivity contribution in [2.45, 2.75) is 11.8 Å². The highest BCUT2D eigenvalue weighted by molar-refractivity contribution is 7.89. The van der Waals surface area contributed by atoms with Crippen LogP contribution in [-0.2, 0) is 14.8 Å². The molecule has 6 nitrogen and oxygen atoms in total. The van der Waals surface area contributed by atoms with Crippen LogP contribution in [0.4, 0.5) is 0 Å². The van der Waals surface area contributed by atoms with Gasteiger partial charge in [0.2, 0.25) is 15.9 Å². The Morgan fingerprint density at radius 2 is 2.00 bits per heavy atom. The molecule has 0 aliphatic carbocycles. The van der Waals surface area contributed by atoms with Crippen LogP contribution in [0.25, 0.3) is 0 Å². The van der Waals surface area contributed by atoms with Gasteiger partial charge in [-0.2, -0.15) is 0 Å². The Morgan fingerprint density at radius 3 is 2.44 bits per heavy atom. The van der Waals surface area contributed by atoms with Gasteiger partial charge in [0.15, 0.2) is 0 Å². The third kappa shape index (κ3) is 3.49. The van der Waals surface area contributed by atoms with Crippen LogP contribution >= 0.6 is 12.2 Å². The zero-order chi connectivity index (χ0) is 13.9. The van der Waals surface area contributed by atoms with Crippen LogP contribution < -0.4 is 16.2 Å². The number of aryl methyl sites for hydroxylation is 1. The van der Waals surface area contributed by atoms with Crippen LogP contribution in [-0.4, -0.2) is 25.9 Å². The van der Waals surface area contributed by atoms with Gasteiger partial charge in [-0.15, -0.1) is 0 Å². The molecule has 0 unspecified atom stereocenters. The van der Waals surface area contributed by atoms with Crippen molar-refractivity contribution in [3.05, 3.63) is 29.3 Å². The summed E-state index contributed by atoms with van der Waals surface area (Å²) in [5.74, 6) is -0.755. The first-order valence-electron chi connectivity index (χ1n) is 4.92. The van der Waals surface area contributed by atoms with E-state index in [-0.39, 0.29) is 9.88 Å². The molecule has 0 fully saturated rings. The molecule has 0 aromatic heterocycles. The van der Waals surface area contributed by atoms with Gasteiger partial charge in [-0.05, 0) is 24.6 Å². The van der Waals surface area contributed by atoms with E-state index in [1.54, 1.807) is 6.92 Å². The topological polar surface area (TPSA) is 115 Å². The van der Waals surface area contributed by atoms with E-state index in [1.165, 1.54) is 18.2 Å². The van der Waals surface area contributed by atoms with Crippen LogP contribution in [0.2, 0.25) is 0 Å². The van der Waals surface area contributed by atoms with E-state index >= 15 is 0 Å². The van der Waals surface area contributed by atoms with Gasteiger partial charge in [-0.3, -0.25) is 4.79 Å². The van der Waals surface area contributed by atoms with E-state index in [1.807, 2.05) is 0 Å². The fourth-order valence-corrected chi connectivity index (χ4v) is 2.64. The Kier molecular flexibility index (Phi) is 4.38. The number of amides is 1. The minimum Gasteiger partial charge on any atom is -0.389 e. The van der Waals surface area contributed by atoms with E-state index in [0.717, 1.165) is 0 Å². The molecule has 98 valence electrons. The molecule has 5 N–H and O–H groups in total. The number of benzene rings is 1.